The van der Waals surface area contributed by atoms with Gasteiger partial charge in [-0.2, -0.15) is 0 Å². The van der Waals surface area contributed by atoms with E-state index >= 15 is 0 Å². The van der Waals surface area contributed by atoms with E-state index in [2.05, 4.69) is 15.4 Å². The third kappa shape index (κ3) is 4.52. The van der Waals surface area contributed by atoms with Crippen molar-refractivity contribution in [1.82, 2.24) is 19.7 Å². The molecule has 1 aliphatic rings. The first kappa shape index (κ1) is 21.6. The first-order chi connectivity index (χ1) is 15.3. The van der Waals surface area contributed by atoms with Gasteiger partial charge in [-0.15, -0.1) is 5.10 Å². The van der Waals surface area contributed by atoms with Crippen LogP contribution in [0.5, 0.6) is 0 Å². The molecule has 3 aromatic rings. The molecule has 1 saturated heterocycles. The number of aryl methyl sites for hydroxylation is 1. The maximum Gasteiger partial charge on any atom is 0.295 e. The van der Waals surface area contributed by atoms with Crippen molar-refractivity contribution in [2.75, 3.05) is 18.4 Å². The highest BCUT2D eigenvalue weighted by atomic mass is 19.1. The van der Waals surface area contributed by atoms with Gasteiger partial charge < -0.3 is 15.0 Å². The molecule has 9 heteroatoms. The van der Waals surface area contributed by atoms with Gasteiger partial charge in [0.15, 0.2) is 0 Å². The van der Waals surface area contributed by atoms with Gasteiger partial charge >= 0.3 is 0 Å². The fourth-order valence-corrected chi connectivity index (χ4v) is 3.78. The largest absolute Gasteiger partial charge is 0.372 e. The third-order valence-corrected chi connectivity index (χ3v) is 5.16. The Morgan fingerprint density at radius 2 is 1.72 bits per heavy atom. The molecule has 0 saturated carbocycles. The standard InChI is InChI=1S/C23H24FN5O3/c1-14-12-28(13-15(2)32-14)23(31)19-6-4-5-7-20(19)26-22(30)21-25-16(3)29(27-21)18-10-8-17(24)9-11-18/h4-11,14-15H,12-13H2,1-3H3,(H,26,30). The number of halogens is 1. The van der Waals surface area contributed by atoms with Crippen LogP contribution in [0.2, 0.25) is 0 Å². The molecule has 2 amide bonds. The van der Waals surface area contributed by atoms with Gasteiger partial charge in [0.25, 0.3) is 11.8 Å². The second-order valence-corrected chi connectivity index (χ2v) is 7.84. The lowest BCUT2D eigenvalue weighted by molar-refractivity contribution is -0.0585. The Morgan fingerprint density at radius 3 is 2.41 bits per heavy atom. The number of morpholine rings is 1. The van der Waals surface area contributed by atoms with E-state index in [1.54, 1.807) is 48.2 Å². The van der Waals surface area contributed by atoms with Crippen molar-refractivity contribution in [3.8, 4) is 5.69 Å². The van der Waals surface area contributed by atoms with Crippen LogP contribution in [0.1, 0.15) is 40.6 Å². The number of carbonyl (C=O) groups is 2. The molecule has 0 spiro atoms. The predicted octanol–water partition coefficient (Wildman–Crippen LogP) is 3.22. The van der Waals surface area contributed by atoms with Gasteiger partial charge in [0.2, 0.25) is 5.82 Å². The molecular weight excluding hydrogens is 413 g/mol. The minimum Gasteiger partial charge on any atom is -0.372 e. The van der Waals surface area contributed by atoms with Crippen molar-refractivity contribution in [3.63, 3.8) is 0 Å². The second kappa shape index (κ2) is 8.88. The summed E-state index contributed by atoms with van der Waals surface area (Å²) in [6, 6.07) is 12.6. The number of anilines is 1. The smallest absolute Gasteiger partial charge is 0.295 e. The molecule has 4 rings (SSSR count). The fraction of sp³-hybridized carbons (Fsp3) is 0.304. The summed E-state index contributed by atoms with van der Waals surface area (Å²) in [6.07, 6.45) is -0.126. The minimum atomic E-state index is -0.544. The zero-order chi connectivity index (χ0) is 22.8. The van der Waals surface area contributed by atoms with E-state index in [9.17, 15) is 14.0 Å². The van der Waals surface area contributed by atoms with Gasteiger partial charge in [-0.25, -0.2) is 14.1 Å². The molecule has 0 radical (unpaired) electrons. The van der Waals surface area contributed by atoms with E-state index in [4.69, 9.17) is 4.74 Å². The first-order valence-electron chi connectivity index (χ1n) is 10.4. The van der Waals surface area contributed by atoms with Crippen molar-refractivity contribution >= 4 is 17.5 Å². The summed E-state index contributed by atoms with van der Waals surface area (Å²) in [4.78, 5) is 32.0. The fourth-order valence-electron chi connectivity index (χ4n) is 3.78. The van der Waals surface area contributed by atoms with Crippen molar-refractivity contribution in [1.29, 1.82) is 0 Å². The lowest BCUT2D eigenvalue weighted by Gasteiger charge is -2.35. The molecule has 8 nitrogen and oxygen atoms in total. The second-order valence-electron chi connectivity index (χ2n) is 7.84. The van der Waals surface area contributed by atoms with E-state index in [0.717, 1.165) is 0 Å². The van der Waals surface area contributed by atoms with E-state index in [1.165, 1.54) is 16.8 Å². The number of rotatable bonds is 4. The van der Waals surface area contributed by atoms with E-state index < -0.39 is 5.91 Å². The molecule has 2 heterocycles. The predicted molar refractivity (Wildman–Crippen MR) is 116 cm³/mol. The molecule has 2 atom stereocenters. The quantitative estimate of drug-likeness (QED) is 0.677. The lowest BCUT2D eigenvalue weighted by Crippen LogP contribution is -2.48. The van der Waals surface area contributed by atoms with Crippen LogP contribution in [-0.2, 0) is 4.74 Å². The van der Waals surface area contributed by atoms with E-state index in [-0.39, 0.29) is 29.8 Å². The number of nitrogens with one attached hydrogen (secondary N) is 1. The number of aromatic nitrogens is 3. The Bertz CT molecular complexity index is 1130. The zero-order valence-electron chi connectivity index (χ0n) is 18.1. The van der Waals surface area contributed by atoms with E-state index in [1.807, 2.05) is 13.8 Å². The number of benzene rings is 2. The molecule has 2 unspecified atom stereocenters. The van der Waals surface area contributed by atoms with Crippen LogP contribution in [-0.4, -0.2) is 56.8 Å². The highest BCUT2D eigenvalue weighted by molar-refractivity contribution is 6.07. The summed E-state index contributed by atoms with van der Waals surface area (Å²) in [5, 5.41) is 7.00. The van der Waals surface area contributed by atoms with Crippen LogP contribution < -0.4 is 5.32 Å². The van der Waals surface area contributed by atoms with Gasteiger partial charge in [0.05, 0.1) is 29.1 Å². The molecule has 2 aromatic carbocycles. The summed E-state index contributed by atoms with van der Waals surface area (Å²) in [5.74, 6) is -0.665. The van der Waals surface area contributed by atoms with Crippen molar-refractivity contribution < 1.29 is 18.7 Å². The molecular formula is C23H24FN5O3. The molecule has 1 aliphatic heterocycles. The molecule has 32 heavy (non-hydrogen) atoms. The van der Waals surface area contributed by atoms with Crippen LogP contribution in [0.25, 0.3) is 5.69 Å². The van der Waals surface area contributed by atoms with Crippen LogP contribution in [0.15, 0.2) is 48.5 Å². The van der Waals surface area contributed by atoms with E-state index in [0.29, 0.717) is 35.9 Å². The SMILES string of the molecule is Cc1nc(C(=O)Nc2ccccc2C(=O)N2CC(C)OC(C)C2)nn1-c1ccc(F)cc1. The number of hydrogen-bond acceptors (Lipinski definition) is 5. The maximum absolute atomic E-state index is 13.2. The third-order valence-electron chi connectivity index (χ3n) is 5.16. The van der Waals surface area contributed by atoms with Gasteiger partial charge in [-0.05, 0) is 57.2 Å². The van der Waals surface area contributed by atoms with Crippen LogP contribution in [0, 0.1) is 12.7 Å². The zero-order valence-corrected chi connectivity index (χ0v) is 18.1. The summed E-state index contributed by atoms with van der Waals surface area (Å²) in [6.45, 7) is 6.51. The van der Waals surface area contributed by atoms with Gasteiger partial charge in [0, 0.05) is 13.1 Å². The average Bonchev–Trinajstić information content (AvgIpc) is 3.15. The molecule has 1 aromatic heterocycles. The maximum atomic E-state index is 13.2. The van der Waals surface area contributed by atoms with Gasteiger partial charge in [-0.3, -0.25) is 9.59 Å². The van der Waals surface area contributed by atoms with Gasteiger partial charge in [0.1, 0.15) is 11.6 Å². The highest BCUT2D eigenvalue weighted by Gasteiger charge is 2.28. The number of ether oxygens (including phenoxy) is 1. The monoisotopic (exact) mass is 437 g/mol. The topological polar surface area (TPSA) is 89.3 Å². The molecule has 1 fully saturated rings. The molecule has 0 bridgehead atoms. The van der Waals surface area contributed by atoms with Crippen molar-refractivity contribution in [2.24, 2.45) is 0 Å². The lowest BCUT2D eigenvalue weighted by atomic mass is 10.1. The number of amides is 2. The Morgan fingerprint density at radius 1 is 1.06 bits per heavy atom. The van der Waals surface area contributed by atoms with Crippen LogP contribution in [0.3, 0.4) is 0 Å². The van der Waals surface area contributed by atoms with Crippen LogP contribution >= 0.6 is 0 Å². The Hall–Kier alpha value is -3.59. The van der Waals surface area contributed by atoms with Gasteiger partial charge in [-0.1, -0.05) is 12.1 Å². The first-order valence-corrected chi connectivity index (χ1v) is 10.4. The highest BCUT2D eigenvalue weighted by Crippen LogP contribution is 2.21. The number of nitrogens with zero attached hydrogens (tertiary/aromatic N) is 4. The molecule has 0 aliphatic carbocycles. The Kier molecular flexibility index (Phi) is 6.00. The summed E-state index contributed by atoms with van der Waals surface area (Å²) < 4.78 is 20.4. The normalized spacial score (nSPS) is 18.4. The summed E-state index contributed by atoms with van der Waals surface area (Å²) in [5.41, 5.74) is 1.35. The van der Waals surface area contributed by atoms with Crippen LogP contribution in [0.4, 0.5) is 10.1 Å². The number of para-hydroxylation sites is 1. The van der Waals surface area contributed by atoms with Crippen molar-refractivity contribution in [3.05, 3.63) is 71.6 Å². The molecule has 1 N–H and O–H groups in total. The molecule has 166 valence electrons. The summed E-state index contributed by atoms with van der Waals surface area (Å²) in [7, 11) is 0. The number of carbonyl (C=O) groups excluding carboxylic acids is 2. The van der Waals surface area contributed by atoms with Crippen molar-refractivity contribution in [2.45, 2.75) is 33.0 Å². The average molecular weight is 437 g/mol. The minimum absolute atomic E-state index is 0.0531. The Labute approximate surface area is 185 Å². The Balaban J connectivity index is 1.55. The number of hydrogen-bond donors (Lipinski definition) is 1. The summed E-state index contributed by atoms with van der Waals surface area (Å²) >= 11 is 0.